The first-order chi connectivity index (χ1) is 17.0. The third-order valence-corrected chi connectivity index (χ3v) is 7.86. The Hall–Kier alpha value is -3.26. The predicted octanol–water partition coefficient (Wildman–Crippen LogP) is 3.99. The average molecular weight is 491 g/mol. The van der Waals surface area contributed by atoms with Gasteiger partial charge < -0.3 is 9.64 Å². The zero-order valence-electron chi connectivity index (χ0n) is 19.6. The molecule has 0 spiro atoms. The first-order valence-electron chi connectivity index (χ1n) is 11.8. The lowest BCUT2D eigenvalue weighted by molar-refractivity contribution is -0.126. The molecule has 4 rings (SSSR count). The maximum absolute atomic E-state index is 13.1. The molecule has 0 unspecified atom stereocenters. The highest BCUT2D eigenvalue weighted by atomic mass is 32.2. The molecule has 6 nitrogen and oxygen atoms in total. The van der Waals surface area contributed by atoms with Gasteiger partial charge in [0.2, 0.25) is 15.9 Å². The van der Waals surface area contributed by atoms with Crippen molar-refractivity contribution in [1.82, 2.24) is 9.21 Å². The van der Waals surface area contributed by atoms with Crippen LogP contribution in [0, 0.1) is 0 Å². The summed E-state index contributed by atoms with van der Waals surface area (Å²) in [4.78, 5) is 15.2. The highest BCUT2D eigenvalue weighted by molar-refractivity contribution is 7.89. The fraction of sp³-hybridized carbons (Fsp3) is 0.250. The Balaban J connectivity index is 1.44. The Labute approximate surface area is 207 Å². The van der Waals surface area contributed by atoms with Gasteiger partial charge in [0.15, 0.2) is 0 Å². The second kappa shape index (κ2) is 11.9. The van der Waals surface area contributed by atoms with E-state index in [0.717, 1.165) is 17.5 Å². The summed E-state index contributed by atoms with van der Waals surface area (Å²) >= 11 is 0. The second-order valence-corrected chi connectivity index (χ2v) is 10.3. The van der Waals surface area contributed by atoms with E-state index in [1.54, 1.807) is 36.4 Å². The average Bonchev–Trinajstić information content (AvgIpc) is 2.91. The van der Waals surface area contributed by atoms with Crippen LogP contribution in [0.25, 0.3) is 6.08 Å². The van der Waals surface area contributed by atoms with Crippen LogP contribution in [0.3, 0.4) is 0 Å². The normalized spacial score (nSPS) is 14.7. The van der Waals surface area contributed by atoms with Crippen molar-refractivity contribution in [3.05, 3.63) is 108 Å². The molecule has 1 saturated heterocycles. The molecule has 7 heteroatoms. The highest BCUT2D eigenvalue weighted by Crippen LogP contribution is 2.18. The Bertz CT molecular complexity index is 1220. The molecule has 1 aliphatic rings. The monoisotopic (exact) mass is 490 g/mol. The van der Waals surface area contributed by atoms with Crippen LogP contribution in [0.15, 0.2) is 95.9 Å². The number of amides is 1. The van der Waals surface area contributed by atoms with Crippen molar-refractivity contribution in [3.63, 3.8) is 0 Å². The Morgan fingerprint density at radius 1 is 0.857 bits per heavy atom. The third-order valence-electron chi connectivity index (χ3n) is 5.95. The van der Waals surface area contributed by atoms with Gasteiger partial charge in [-0.1, -0.05) is 72.8 Å². The smallest absolute Gasteiger partial charge is 0.246 e. The van der Waals surface area contributed by atoms with E-state index < -0.39 is 10.0 Å². The summed E-state index contributed by atoms with van der Waals surface area (Å²) in [6, 6.07) is 26.7. The third kappa shape index (κ3) is 6.88. The minimum atomic E-state index is -3.54. The number of hydrogen-bond donors (Lipinski definition) is 0. The summed E-state index contributed by atoms with van der Waals surface area (Å²) < 4.78 is 32.3. The number of nitrogens with zero attached hydrogens (tertiary/aromatic N) is 2. The van der Waals surface area contributed by atoms with Crippen LogP contribution in [-0.4, -0.2) is 56.4 Å². The molecule has 0 N–H and O–H groups in total. The van der Waals surface area contributed by atoms with Gasteiger partial charge in [-0.15, -0.1) is 0 Å². The predicted molar refractivity (Wildman–Crippen MR) is 137 cm³/mol. The molecule has 1 aliphatic heterocycles. The van der Waals surface area contributed by atoms with E-state index in [1.165, 1.54) is 9.87 Å². The number of ether oxygens (including phenoxy) is 1. The summed E-state index contributed by atoms with van der Waals surface area (Å²) in [6.45, 7) is 2.65. The van der Waals surface area contributed by atoms with Gasteiger partial charge in [-0.05, 0) is 41.3 Å². The minimum Gasteiger partial charge on any atom is -0.379 e. The molecule has 0 radical (unpaired) electrons. The standard InChI is InChI=1S/C28H30N2O4S/c31-28(29(23-26-9-5-2-6-10-26)18-17-24-7-3-1-4-8-24)16-13-25-11-14-27(15-12-25)35(32,33)30-19-21-34-22-20-30/h1-16H,17-23H2/b16-13+. The SMILES string of the molecule is O=C(/C=C/c1ccc(S(=O)(=O)N2CCOCC2)cc1)N(CCc1ccccc1)Cc1ccccc1. The summed E-state index contributed by atoms with van der Waals surface area (Å²) in [5.41, 5.74) is 3.02. The zero-order chi connectivity index (χ0) is 24.5. The Morgan fingerprint density at radius 3 is 2.09 bits per heavy atom. The molecule has 1 heterocycles. The van der Waals surface area contributed by atoms with Gasteiger partial charge in [0, 0.05) is 32.3 Å². The van der Waals surface area contributed by atoms with Crippen molar-refractivity contribution in [2.75, 3.05) is 32.8 Å². The van der Waals surface area contributed by atoms with E-state index in [4.69, 9.17) is 4.74 Å². The quantitative estimate of drug-likeness (QED) is 0.426. The molecule has 0 aliphatic carbocycles. The lowest BCUT2D eigenvalue weighted by Crippen LogP contribution is -2.40. The molecular weight excluding hydrogens is 460 g/mol. The zero-order valence-corrected chi connectivity index (χ0v) is 20.4. The van der Waals surface area contributed by atoms with Gasteiger partial charge in [0.05, 0.1) is 18.1 Å². The van der Waals surface area contributed by atoms with E-state index in [1.807, 2.05) is 53.4 Å². The van der Waals surface area contributed by atoms with Gasteiger partial charge in [-0.2, -0.15) is 4.31 Å². The molecule has 0 bridgehead atoms. The van der Waals surface area contributed by atoms with E-state index in [2.05, 4.69) is 12.1 Å². The topological polar surface area (TPSA) is 66.9 Å². The van der Waals surface area contributed by atoms with Crippen LogP contribution < -0.4 is 0 Å². The molecule has 0 saturated carbocycles. The fourth-order valence-electron chi connectivity index (χ4n) is 3.94. The van der Waals surface area contributed by atoms with Crippen LogP contribution in [0.2, 0.25) is 0 Å². The molecule has 35 heavy (non-hydrogen) atoms. The van der Waals surface area contributed by atoms with Crippen LogP contribution in [0.4, 0.5) is 0 Å². The van der Waals surface area contributed by atoms with E-state index >= 15 is 0 Å². The van der Waals surface area contributed by atoms with Crippen molar-refractivity contribution < 1.29 is 17.9 Å². The minimum absolute atomic E-state index is 0.0881. The van der Waals surface area contributed by atoms with Crippen molar-refractivity contribution in [2.24, 2.45) is 0 Å². The second-order valence-electron chi connectivity index (χ2n) is 8.40. The first-order valence-corrected chi connectivity index (χ1v) is 13.2. The number of carbonyl (C=O) groups excluding carboxylic acids is 1. The van der Waals surface area contributed by atoms with E-state index in [0.29, 0.717) is 39.4 Å². The van der Waals surface area contributed by atoms with E-state index in [-0.39, 0.29) is 10.8 Å². The van der Waals surface area contributed by atoms with Gasteiger partial charge in [-0.3, -0.25) is 4.79 Å². The maximum atomic E-state index is 13.1. The number of morpholine rings is 1. The van der Waals surface area contributed by atoms with Crippen molar-refractivity contribution in [2.45, 2.75) is 17.9 Å². The molecule has 0 atom stereocenters. The largest absolute Gasteiger partial charge is 0.379 e. The Morgan fingerprint density at radius 2 is 1.46 bits per heavy atom. The molecule has 182 valence electrons. The maximum Gasteiger partial charge on any atom is 0.246 e. The van der Waals surface area contributed by atoms with Gasteiger partial charge in [0.25, 0.3) is 0 Å². The molecule has 3 aromatic carbocycles. The number of benzene rings is 3. The molecule has 1 amide bonds. The summed E-state index contributed by atoms with van der Waals surface area (Å²) in [6.07, 6.45) is 4.05. The van der Waals surface area contributed by atoms with Gasteiger partial charge in [0.1, 0.15) is 0 Å². The Kier molecular flexibility index (Phi) is 8.47. The molecule has 1 fully saturated rings. The number of sulfonamides is 1. The summed E-state index contributed by atoms with van der Waals surface area (Å²) in [5, 5.41) is 0. The fourth-order valence-corrected chi connectivity index (χ4v) is 5.35. The van der Waals surface area contributed by atoms with Crippen LogP contribution >= 0.6 is 0 Å². The van der Waals surface area contributed by atoms with Gasteiger partial charge >= 0.3 is 0 Å². The van der Waals surface area contributed by atoms with Crippen LogP contribution in [0.1, 0.15) is 16.7 Å². The lowest BCUT2D eigenvalue weighted by Gasteiger charge is -2.26. The summed E-state index contributed by atoms with van der Waals surface area (Å²) in [5.74, 6) is -0.0881. The van der Waals surface area contributed by atoms with Crippen LogP contribution in [-0.2, 0) is 32.5 Å². The molecule has 0 aromatic heterocycles. The summed E-state index contributed by atoms with van der Waals surface area (Å²) in [7, 11) is -3.54. The number of carbonyl (C=O) groups is 1. The van der Waals surface area contributed by atoms with Crippen LogP contribution in [0.5, 0.6) is 0 Å². The van der Waals surface area contributed by atoms with Crippen molar-refractivity contribution >= 4 is 22.0 Å². The van der Waals surface area contributed by atoms with E-state index in [9.17, 15) is 13.2 Å². The number of rotatable bonds is 9. The highest BCUT2D eigenvalue weighted by Gasteiger charge is 2.26. The van der Waals surface area contributed by atoms with Crippen molar-refractivity contribution in [3.8, 4) is 0 Å². The van der Waals surface area contributed by atoms with Gasteiger partial charge in [-0.25, -0.2) is 8.42 Å². The number of hydrogen-bond acceptors (Lipinski definition) is 4. The first kappa shape index (κ1) is 24.9. The molecular formula is C28H30N2O4S. The molecule has 3 aromatic rings. The lowest BCUT2D eigenvalue weighted by atomic mass is 10.1. The van der Waals surface area contributed by atoms with Crippen molar-refractivity contribution in [1.29, 1.82) is 0 Å².